The van der Waals surface area contributed by atoms with Crippen molar-refractivity contribution in [2.24, 2.45) is 0 Å². The Morgan fingerprint density at radius 2 is 2.17 bits per heavy atom. The first kappa shape index (κ1) is 14.2. The number of amides is 3. The van der Waals surface area contributed by atoms with Gasteiger partial charge in [0.05, 0.1) is 6.54 Å². The molecule has 18 heavy (non-hydrogen) atoms. The number of carbonyl (C=O) groups is 3. The molecular formula is C10H17N3O5. The van der Waals surface area contributed by atoms with Gasteiger partial charge in [-0.15, -0.1) is 0 Å². The van der Waals surface area contributed by atoms with Gasteiger partial charge in [0.2, 0.25) is 5.91 Å². The molecule has 1 aliphatic heterocycles. The van der Waals surface area contributed by atoms with E-state index < -0.39 is 24.1 Å². The average Bonchev–Trinajstić information content (AvgIpc) is 2.69. The number of aliphatic hydroxyl groups is 1. The van der Waals surface area contributed by atoms with Gasteiger partial charge in [-0.1, -0.05) is 0 Å². The number of nitrogens with one attached hydrogen (secondary N) is 3. The van der Waals surface area contributed by atoms with Crippen LogP contribution in [0.3, 0.4) is 0 Å². The summed E-state index contributed by atoms with van der Waals surface area (Å²) in [6.07, 6.45) is 1.10. The minimum Gasteiger partial charge on any atom is -0.479 e. The van der Waals surface area contributed by atoms with E-state index in [1.807, 2.05) is 0 Å². The Labute approximate surface area is 104 Å². The molecule has 3 amide bonds. The van der Waals surface area contributed by atoms with Gasteiger partial charge < -0.3 is 26.2 Å². The first-order valence-electron chi connectivity index (χ1n) is 5.58. The summed E-state index contributed by atoms with van der Waals surface area (Å²) in [6.45, 7) is 0.963. The van der Waals surface area contributed by atoms with Gasteiger partial charge in [0.25, 0.3) is 0 Å². The van der Waals surface area contributed by atoms with Gasteiger partial charge in [0.15, 0.2) is 5.60 Å². The van der Waals surface area contributed by atoms with E-state index in [0.29, 0.717) is 12.8 Å². The lowest BCUT2D eigenvalue weighted by molar-refractivity contribution is -0.155. The summed E-state index contributed by atoms with van der Waals surface area (Å²) in [5, 5.41) is 25.4. The molecule has 1 saturated heterocycles. The standard InChI is InChI=1S/C10H17N3O5/c1-10(18,8(15)16)5-12-9(17)11-4-6-2-3-7(14)13-6/h6,18H,2-5H2,1H3,(H,13,14)(H,15,16)(H2,11,12,17). The van der Waals surface area contributed by atoms with Crippen LogP contribution in [0.25, 0.3) is 0 Å². The molecule has 5 N–H and O–H groups in total. The molecule has 0 radical (unpaired) electrons. The molecule has 0 spiro atoms. The van der Waals surface area contributed by atoms with E-state index in [0.717, 1.165) is 6.92 Å². The molecule has 2 unspecified atom stereocenters. The zero-order valence-electron chi connectivity index (χ0n) is 10.0. The molecule has 0 saturated carbocycles. The van der Waals surface area contributed by atoms with E-state index >= 15 is 0 Å². The highest BCUT2D eigenvalue weighted by Gasteiger charge is 2.30. The Hall–Kier alpha value is -1.83. The summed E-state index contributed by atoms with van der Waals surface area (Å²) in [6, 6.07) is -0.680. The highest BCUT2D eigenvalue weighted by atomic mass is 16.4. The molecule has 1 aliphatic rings. The summed E-state index contributed by atoms with van der Waals surface area (Å²) >= 11 is 0. The van der Waals surface area contributed by atoms with Crippen LogP contribution < -0.4 is 16.0 Å². The molecule has 0 bridgehead atoms. The molecule has 8 nitrogen and oxygen atoms in total. The van der Waals surface area contributed by atoms with Crippen LogP contribution in [0.15, 0.2) is 0 Å². The quantitative estimate of drug-likeness (QED) is 0.406. The maximum Gasteiger partial charge on any atom is 0.337 e. The molecule has 0 aromatic heterocycles. The number of hydrogen-bond donors (Lipinski definition) is 5. The highest BCUT2D eigenvalue weighted by molar-refractivity contribution is 5.80. The fourth-order valence-electron chi connectivity index (χ4n) is 1.44. The largest absolute Gasteiger partial charge is 0.479 e. The van der Waals surface area contributed by atoms with Crippen molar-refractivity contribution in [3.05, 3.63) is 0 Å². The number of aliphatic carboxylic acids is 1. The molecule has 1 rings (SSSR count). The number of carboxylic acids is 1. The molecule has 1 heterocycles. The van der Waals surface area contributed by atoms with Gasteiger partial charge in [-0.2, -0.15) is 0 Å². The number of carboxylic acid groups (broad SMARTS) is 1. The lowest BCUT2D eigenvalue weighted by Gasteiger charge is -2.19. The molecular weight excluding hydrogens is 242 g/mol. The van der Waals surface area contributed by atoms with Crippen LogP contribution in [-0.2, 0) is 9.59 Å². The Balaban J connectivity index is 2.22. The maximum atomic E-state index is 11.3. The number of carbonyl (C=O) groups excluding carboxylic acids is 2. The fraction of sp³-hybridized carbons (Fsp3) is 0.700. The average molecular weight is 259 g/mol. The second-order valence-electron chi connectivity index (χ2n) is 4.45. The summed E-state index contributed by atoms with van der Waals surface area (Å²) in [4.78, 5) is 32.8. The van der Waals surface area contributed by atoms with Gasteiger partial charge in [-0.25, -0.2) is 9.59 Å². The Kier molecular flexibility index (Phi) is 4.49. The van der Waals surface area contributed by atoms with E-state index in [1.54, 1.807) is 0 Å². The highest BCUT2D eigenvalue weighted by Crippen LogP contribution is 2.05. The second kappa shape index (κ2) is 5.67. The fourth-order valence-corrected chi connectivity index (χ4v) is 1.44. The van der Waals surface area contributed by atoms with E-state index in [2.05, 4.69) is 16.0 Å². The first-order valence-corrected chi connectivity index (χ1v) is 5.58. The second-order valence-corrected chi connectivity index (χ2v) is 4.45. The molecule has 0 aromatic carbocycles. The molecule has 0 aliphatic carbocycles. The van der Waals surface area contributed by atoms with Crippen LogP contribution in [0.1, 0.15) is 19.8 Å². The molecule has 102 valence electrons. The van der Waals surface area contributed by atoms with Gasteiger partial charge in [-0.3, -0.25) is 4.79 Å². The van der Waals surface area contributed by atoms with Crippen LogP contribution in [0.4, 0.5) is 4.79 Å². The molecule has 1 fully saturated rings. The monoisotopic (exact) mass is 259 g/mol. The molecule has 8 heteroatoms. The number of rotatable bonds is 5. The predicted octanol–water partition coefficient (Wildman–Crippen LogP) is -1.60. The Morgan fingerprint density at radius 1 is 1.50 bits per heavy atom. The van der Waals surface area contributed by atoms with E-state index in [1.165, 1.54) is 0 Å². The number of hydrogen-bond acceptors (Lipinski definition) is 4. The smallest absolute Gasteiger partial charge is 0.337 e. The Bertz CT molecular complexity index is 355. The van der Waals surface area contributed by atoms with Crippen LogP contribution in [0, 0.1) is 0 Å². The van der Waals surface area contributed by atoms with Crippen LogP contribution >= 0.6 is 0 Å². The minimum absolute atomic E-state index is 0.0454. The zero-order valence-corrected chi connectivity index (χ0v) is 10.0. The van der Waals surface area contributed by atoms with Crippen molar-refractivity contribution in [3.8, 4) is 0 Å². The van der Waals surface area contributed by atoms with Crippen molar-refractivity contribution in [1.82, 2.24) is 16.0 Å². The van der Waals surface area contributed by atoms with Gasteiger partial charge >= 0.3 is 12.0 Å². The number of urea groups is 1. The Morgan fingerprint density at radius 3 is 2.67 bits per heavy atom. The normalized spacial score (nSPS) is 21.9. The maximum absolute atomic E-state index is 11.3. The minimum atomic E-state index is -2.00. The van der Waals surface area contributed by atoms with E-state index in [-0.39, 0.29) is 18.5 Å². The van der Waals surface area contributed by atoms with Gasteiger partial charge in [-0.05, 0) is 13.3 Å². The van der Waals surface area contributed by atoms with Gasteiger partial charge in [0, 0.05) is 19.0 Å². The molecule has 2 atom stereocenters. The summed E-state index contributed by atoms with van der Waals surface area (Å²) in [5.41, 5.74) is -2.00. The third-order valence-corrected chi connectivity index (χ3v) is 2.65. The van der Waals surface area contributed by atoms with Crippen molar-refractivity contribution in [2.45, 2.75) is 31.4 Å². The lowest BCUT2D eigenvalue weighted by atomic mass is 10.1. The van der Waals surface area contributed by atoms with Crippen LogP contribution in [0.2, 0.25) is 0 Å². The third kappa shape index (κ3) is 4.21. The first-order chi connectivity index (χ1) is 8.31. The lowest BCUT2D eigenvalue weighted by Crippen LogP contribution is -2.50. The van der Waals surface area contributed by atoms with Crippen molar-refractivity contribution in [2.75, 3.05) is 13.1 Å². The van der Waals surface area contributed by atoms with Gasteiger partial charge in [0.1, 0.15) is 0 Å². The summed E-state index contributed by atoms with van der Waals surface area (Å²) in [7, 11) is 0. The van der Waals surface area contributed by atoms with E-state index in [4.69, 9.17) is 5.11 Å². The molecule has 0 aromatic rings. The summed E-state index contributed by atoms with van der Waals surface area (Å²) in [5.74, 6) is -1.46. The van der Waals surface area contributed by atoms with Crippen molar-refractivity contribution >= 4 is 17.9 Å². The van der Waals surface area contributed by atoms with Crippen LogP contribution in [0.5, 0.6) is 0 Å². The zero-order chi connectivity index (χ0) is 13.8. The van der Waals surface area contributed by atoms with Crippen molar-refractivity contribution in [3.63, 3.8) is 0 Å². The SMILES string of the molecule is CC(O)(CNC(=O)NCC1CCC(=O)N1)C(=O)O. The topological polar surface area (TPSA) is 128 Å². The van der Waals surface area contributed by atoms with Crippen LogP contribution in [-0.4, -0.2) is 52.9 Å². The predicted molar refractivity (Wildman–Crippen MR) is 60.8 cm³/mol. The third-order valence-electron chi connectivity index (χ3n) is 2.65. The van der Waals surface area contributed by atoms with Crippen molar-refractivity contribution < 1.29 is 24.6 Å². The van der Waals surface area contributed by atoms with E-state index in [9.17, 15) is 19.5 Å². The summed E-state index contributed by atoms with van der Waals surface area (Å²) < 4.78 is 0. The van der Waals surface area contributed by atoms with Crippen molar-refractivity contribution in [1.29, 1.82) is 0 Å².